The van der Waals surface area contributed by atoms with Crippen LogP contribution >= 0.6 is 23.4 Å². The zero-order valence-corrected chi connectivity index (χ0v) is 34.5. The molecule has 0 radical (unpaired) electrons. The third kappa shape index (κ3) is 9.34. The molecule has 6 amide bonds. The van der Waals surface area contributed by atoms with Gasteiger partial charge in [-0.1, -0.05) is 29.4 Å². The Bertz CT molecular complexity index is 2190. The third-order valence-corrected chi connectivity index (χ3v) is 12.9. The zero-order chi connectivity index (χ0) is 42.6. The normalized spacial score (nSPS) is 20.9. The molecular weight excluding hydrogens is 816 g/mol. The average molecular weight is 863 g/mol. The molecule has 4 aliphatic heterocycles. The SMILES string of the molecule is C[C@@H]1OCC2(CCN(c3cnc(Sc4cccc(NC(=O)CCC(=O)NCCOCCNc5ccc6c(c5)C(=O)N(C5CCC(=O)NC5=O)C6=O)c4Cl)c(N)n3)CC2)[C@@H]1N. The van der Waals surface area contributed by atoms with Crippen LogP contribution in [0.1, 0.15) is 66.2 Å². The zero-order valence-electron chi connectivity index (χ0n) is 33.0. The summed E-state index contributed by atoms with van der Waals surface area (Å²) in [6, 6.07) is 8.91. The lowest BCUT2D eigenvalue weighted by atomic mass is 9.73. The maximum Gasteiger partial charge on any atom is 0.262 e. The molecule has 20 heteroatoms. The van der Waals surface area contributed by atoms with Gasteiger partial charge in [-0.05, 0) is 56.5 Å². The number of nitrogens with two attached hydrogens (primary N) is 2. The first kappa shape index (κ1) is 42.8. The predicted molar refractivity (Wildman–Crippen MR) is 223 cm³/mol. The van der Waals surface area contributed by atoms with E-state index >= 15 is 0 Å². The van der Waals surface area contributed by atoms with Gasteiger partial charge in [0.15, 0.2) is 5.82 Å². The lowest BCUT2D eigenvalue weighted by Crippen LogP contribution is -2.54. The van der Waals surface area contributed by atoms with Gasteiger partial charge in [-0.2, -0.15) is 0 Å². The van der Waals surface area contributed by atoms with E-state index in [2.05, 4.69) is 36.1 Å². The molecule has 1 spiro atoms. The van der Waals surface area contributed by atoms with Crippen LogP contribution in [0.4, 0.5) is 23.0 Å². The van der Waals surface area contributed by atoms with Crippen LogP contribution in [0.15, 0.2) is 52.5 Å². The van der Waals surface area contributed by atoms with Crippen molar-refractivity contribution < 1.29 is 38.2 Å². The summed E-state index contributed by atoms with van der Waals surface area (Å²) in [5.41, 5.74) is 14.1. The number of carbonyl (C=O) groups is 6. The molecule has 4 aliphatic rings. The third-order valence-electron chi connectivity index (χ3n) is 11.3. The summed E-state index contributed by atoms with van der Waals surface area (Å²) in [5.74, 6) is -2.01. The van der Waals surface area contributed by atoms with Crippen LogP contribution < -0.4 is 37.6 Å². The predicted octanol–water partition coefficient (Wildman–Crippen LogP) is 2.56. The largest absolute Gasteiger partial charge is 0.383 e. The van der Waals surface area contributed by atoms with Crippen LogP contribution in [0.3, 0.4) is 0 Å². The molecule has 8 N–H and O–H groups in total. The molecular formula is C40H47ClN10O8S. The highest BCUT2D eigenvalue weighted by atomic mass is 35.5. The Kier molecular flexibility index (Phi) is 13.2. The van der Waals surface area contributed by atoms with Crippen molar-refractivity contribution in [2.45, 2.75) is 73.6 Å². The Morgan fingerprint density at radius 3 is 2.53 bits per heavy atom. The lowest BCUT2D eigenvalue weighted by Gasteiger charge is -2.41. The fraction of sp³-hybridized carbons (Fsp3) is 0.450. The van der Waals surface area contributed by atoms with Crippen molar-refractivity contribution in [2.24, 2.45) is 11.1 Å². The number of nitrogens with one attached hydrogen (secondary N) is 4. The summed E-state index contributed by atoms with van der Waals surface area (Å²) in [6.45, 7) is 5.36. The maximum absolute atomic E-state index is 13.0. The minimum atomic E-state index is -1.03. The maximum atomic E-state index is 13.0. The summed E-state index contributed by atoms with van der Waals surface area (Å²) < 4.78 is 11.4. The number of amides is 6. The van der Waals surface area contributed by atoms with Gasteiger partial charge in [0.2, 0.25) is 23.6 Å². The smallest absolute Gasteiger partial charge is 0.262 e. The van der Waals surface area contributed by atoms with Crippen molar-refractivity contribution in [1.29, 1.82) is 0 Å². The second-order valence-electron chi connectivity index (χ2n) is 15.2. The Labute approximate surface area is 355 Å². The van der Waals surface area contributed by atoms with Gasteiger partial charge in [-0.25, -0.2) is 9.97 Å². The van der Waals surface area contributed by atoms with Crippen molar-refractivity contribution in [3.8, 4) is 0 Å². The Morgan fingerprint density at radius 1 is 1.05 bits per heavy atom. The van der Waals surface area contributed by atoms with Crippen molar-refractivity contribution >= 4 is 81.8 Å². The number of carbonyl (C=O) groups excluding carboxylic acids is 6. The lowest BCUT2D eigenvalue weighted by molar-refractivity contribution is -0.136. The molecule has 318 valence electrons. The second-order valence-corrected chi connectivity index (χ2v) is 16.6. The summed E-state index contributed by atoms with van der Waals surface area (Å²) in [6.07, 6.45) is 3.57. The Morgan fingerprint density at radius 2 is 1.80 bits per heavy atom. The fourth-order valence-corrected chi connectivity index (χ4v) is 8.90. The molecule has 3 saturated heterocycles. The number of benzene rings is 2. The van der Waals surface area contributed by atoms with Crippen molar-refractivity contribution in [1.82, 2.24) is 25.5 Å². The Balaban J connectivity index is 0.786. The topological polar surface area (TPSA) is 253 Å². The first-order chi connectivity index (χ1) is 28.8. The summed E-state index contributed by atoms with van der Waals surface area (Å²) >= 11 is 7.92. The van der Waals surface area contributed by atoms with Gasteiger partial charge in [-0.3, -0.25) is 39.0 Å². The van der Waals surface area contributed by atoms with E-state index in [0.29, 0.717) is 45.3 Å². The quantitative estimate of drug-likeness (QED) is 0.0949. The summed E-state index contributed by atoms with van der Waals surface area (Å²) in [4.78, 5) is 87.8. The number of nitrogen functional groups attached to an aromatic ring is 1. The fourth-order valence-electron chi connectivity index (χ4n) is 7.80. The second kappa shape index (κ2) is 18.5. The number of ether oxygens (including phenoxy) is 2. The summed E-state index contributed by atoms with van der Waals surface area (Å²) in [7, 11) is 0. The van der Waals surface area contributed by atoms with Crippen LogP contribution in [-0.4, -0.2) is 114 Å². The average Bonchev–Trinajstić information content (AvgIpc) is 3.64. The number of hydrogen-bond donors (Lipinski definition) is 6. The van der Waals surface area contributed by atoms with Gasteiger partial charge in [0.1, 0.15) is 16.9 Å². The van der Waals surface area contributed by atoms with E-state index in [1.165, 1.54) is 17.8 Å². The molecule has 0 saturated carbocycles. The number of halogens is 1. The molecule has 60 heavy (non-hydrogen) atoms. The molecule has 2 aromatic carbocycles. The van der Waals surface area contributed by atoms with Crippen molar-refractivity contribution in [3.63, 3.8) is 0 Å². The molecule has 0 bridgehead atoms. The number of fused-ring (bicyclic) bond motifs is 1. The molecule has 3 aromatic rings. The van der Waals surface area contributed by atoms with E-state index in [-0.39, 0.29) is 91.8 Å². The van der Waals surface area contributed by atoms with E-state index in [1.807, 2.05) is 6.92 Å². The van der Waals surface area contributed by atoms with Crippen molar-refractivity contribution in [2.75, 3.05) is 67.3 Å². The molecule has 3 atom stereocenters. The number of anilines is 4. The number of rotatable bonds is 15. The van der Waals surface area contributed by atoms with Crippen LogP contribution in [0.5, 0.6) is 0 Å². The molecule has 1 unspecified atom stereocenters. The van der Waals surface area contributed by atoms with Crippen molar-refractivity contribution in [3.05, 3.63) is 58.7 Å². The molecule has 1 aromatic heterocycles. The highest BCUT2D eigenvalue weighted by molar-refractivity contribution is 7.99. The van der Waals surface area contributed by atoms with Gasteiger partial charge in [-0.15, -0.1) is 0 Å². The Hall–Kier alpha value is -5.34. The minimum absolute atomic E-state index is 0.00886. The number of hydrogen-bond acceptors (Lipinski definition) is 15. The molecule has 3 fully saturated rings. The van der Waals surface area contributed by atoms with Crippen LogP contribution in [-0.2, 0) is 28.7 Å². The van der Waals surface area contributed by atoms with Gasteiger partial charge in [0.05, 0.1) is 54.0 Å². The van der Waals surface area contributed by atoms with Crippen LogP contribution in [0.2, 0.25) is 5.02 Å². The molecule has 7 rings (SSSR count). The van der Waals surface area contributed by atoms with Crippen LogP contribution in [0, 0.1) is 5.41 Å². The number of nitrogens with zero attached hydrogens (tertiary/aromatic N) is 4. The van der Waals surface area contributed by atoms with E-state index in [0.717, 1.165) is 30.8 Å². The molecule has 5 heterocycles. The van der Waals surface area contributed by atoms with Crippen LogP contribution in [0.25, 0.3) is 0 Å². The number of aromatic nitrogens is 2. The van der Waals surface area contributed by atoms with E-state index in [1.54, 1.807) is 36.5 Å². The molecule has 18 nitrogen and oxygen atoms in total. The first-order valence-electron chi connectivity index (χ1n) is 19.8. The van der Waals surface area contributed by atoms with E-state index in [4.69, 9.17) is 32.5 Å². The first-order valence-corrected chi connectivity index (χ1v) is 21.0. The standard InChI is InChI=1S/C40H47ClN10O8S/c1-22-34(42)40(21-59-22)11-15-50(16-12-40)29-20-46-37(35(43)48-29)60-28-4-2-3-26(33(28)41)47-31(53)10-9-30(52)45-14-18-58-17-13-44-23-5-6-24-25(19-23)39(57)51(38(24)56)27-7-8-32(54)49-36(27)55/h2-6,19-20,22,27,34,44H,7-18,21,42H2,1H3,(H2,43,48)(H,45,52)(H,47,53)(H,49,54,55)/t22-,27?,34+/m0/s1. The monoisotopic (exact) mass is 862 g/mol. The number of imide groups is 2. The minimum Gasteiger partial charge on any atom is -0.383 e. The van der Waals surface area contributed by atoms with Gasteiger partial charge < -0.3 is 41.8 Å². The highest BCUT2D eigenvalue weighted by Gasteiger charge is 2.48. The van der Waals surface area contributed by atoms with Gasteiger partial charge >= 0.3 is 0 Å². The highest BCUT2D eigenvalue weighted by Crippen LogP contribution is 2.43. The number of piperidine rings is 2. The summed E-state index contributed by atoms with van der Waals surface area (Å²) in [5, 5.41) is 11.6. The van der Waals surface area contributed by atoms with Gasteiger partial charge in [0.25, 0.3) is 11.8 Å². The molecule has 0 aliphatic carbocycles. The van der Waals surface area contributed by atoms with E-state index < -0.39 is 29.7 Å². The van der Waals surface area contributed by atoms with E-state index in [9.17, 15) is 28.8 Å². The van der Waals surface area contributed by atoms with Gasteiger partial charge in [0, 0.05) is 67.5 Å².